The molecule has 0 unspecified atom stereocenters. The Morgan fingerprint density at radius 3 is 1.66 bits per heavy atom. The van der Waals surface area contributed by atoms with Crippen molar-refractivity contribution in [3.05, 3.63) is 193 Å². The average Bonchev–Trinajstić information content (AvgIpc) is 3.92. The number of aryl methyl sites for hydroxylation is 2. The topological polar surface area (TPSA) is 35.1 Å². The second-order valence-corrected chi connectivity index (χ2v) is 15.7. The summed E-state index contributed by atoms with van der Waals surface area (Å²) in [7, 11) is 0. The van der Waals surface area contributed by atoms with E-state index in [0.717, 1.165) is 57.9 Å². The second-order valence-electron chi connectivity index (χ2n) is 15.7. The van der Waals surface area contributed by atoms with Crippen LogP contribution in [-0.2, 0) is 12.8 Å². The Labute approximate surface area is 334 Å². The van der Waals surface area contributed by atoms with E-state index in [-0.39, 0.29) is 0 Å². The van der Waals surface area contributed by atoms with Crippen molar-refractivity contribution < 1.29 is 0 Å². The second kappa shape index (κ2) is 12.0. The Kier molecular flexibility index (Phi) is 6.53. The predicted octanol–water partition coefficient (Wildman–Crippen LogP) is 13.5. The number of fused-ring (bicyclic) bond motifs is 10. The molecule has 13 rings (SSSR count). The van der Waals surface area contributed by atoms with Crippen molar-refractivity contribution in [3.63, 3.8) is 0 Å². The molecule has 0 spiro atoms. The van der Waals surface area contributed by atoms with Gasteiger partial charge in [-0.25, -0.2) is 9.97 Å². The van der Waals surface area contributed by atoms with Gasteiger partial charge in [0.1, 0.15) is 0 Å². The summed E-state index contributed by atoms with van der Waals surface area (Å²) >= 11 is 0. The maximum atomic E-state index is 5.24. The highest BCUT2D eigenvalue weighted by molar-refractivity contribution is 6.25. The summed E-state index contributed by atoms with van der Waals surface area (Å²) in [5, 5.41) is 7.51. The molecule has 0 aliphatic heterocycles. The molecule has 0 atom stereocenters. The Morgan fingerprint density at radius 1 is 0.362 bits per heavy atom. The van der Waals surface area contributed by atoms with E-state index in [9.17, 15) is 0 Å². The van der Waals surface area contributed by atoms with Crippen molar-refractivity contribution in [2.24, 2.45) is 0 Å². The molecule has 0 fully saturated rings. The number of rotatable bonds is 5. The lowest BCUT2D eigenvalue weighted by molar-refractivity contribution is 0.840. The summed E-state index contributed by atoms with van der Waals surface area (Å²) in [5.74, 6) is 0.733. The molecule has 4 nitrogen and oxygen atoms in total. The van der Waals surface area contributed by atoms with Crippen LogP contribution >= 0.6 is 0 Å². The molecular formula is C54H34N4. The molecule has 4 heteroatoms. The third-order valence-electron chi connectivity index (χ3n) is 12.5. The molecule has 1 aliphatic carbocycles. The van der Waals surface area contributed by atoms with Gasteiger partial charge in [-0.15, -0.1) is 0 Å². The number of hydrogen-bond donors (Lipinski definition) is 0. The Balaban J connectivity index is 1.07. The summed E-state index contributed by atoms with van der Waals surface area (Å²) in [4.78, 5) is 10.4. The van der Waals surface area contributed by atoms with E-state index in [1.165, 1.54) is 76.6 Å². The Bertz CT molecular complexity index is 3530. The number of hydrogen-bond acceptors (Lipinski definition) is 2. The van der Waals surface area contributed by atoms with Crippen molar-refractivity contribution in [1.82, 2.24) is 18.9 Å². The maximum absolute atomic E-state index is 5.24. The van der Waals surface area contributed by atoms with Gasteiger partial charge in [-0.1, -0.05) is 121 Å². The van der Waals surface area contributed by atoms with Crippen LogP contribution in [0.2, 0.25) is 0 Å². The van der Waals surface area contributed by atoms with Crippen molar-refractivity contribution in [2.45, 2.75) is 12.8 Å². The number of para-hydroxylation sites is 4. The van der Waals surface area contributed by atoms with E-state index in [2.05, 4.69) is 185 Å². The molecule has 0 saturated carbocycles. The van der Waals surface area contributed by atoms with Crippen LogP contribution in [0.1, 0.15) is 11.1 Å². The molecule has 8 aromatic carbocycles. The smallest absolute Gasteiger partial charge is 0.160 e. The maximum Gasteiger partial charge on any atom is 0.160 e. The van der Waals surface area contributed by atoms with Gasteiger partial charge in [-0.05, 0) is 90.2 Å². The summed E-state index contributed by atoms with van der Waals surface area (Å²) in [6.45, 7) is 0. The minimum atomic E-state index is 0.733. The molecular weight excluding hydrogens is 705 g/mol. The highest BCUT2D eigenvalue weighted by atomic mass is 15.0. The van der Waals surface area contributed by atoms with Gasteiger partial charge in [0.2, 0.25) is 0 Å². The fourth-order valence-corrected chi connectivity index (χ4v) is 9.73. The van der Waals surface area contributed by atoms with Crippen molar-refractivity contribution in [1.29, 1.82) is 0 Å². The van der Waals surface area contributed by atoms with E-state index in [1.807, 2.05) is 6.07 Å². The van der Waals surface area contributed by atoms with Crippen LogP contribution in [0.25, 0.3) is 111 Å². The third-order valence-corrected chi connectivity index (χ3v) is 12.5. The zero-order chi connectivity index (χ0) is 37.9. The average molecular weight is 739 g/mol. The Morgan fingerprint density at radius 2 is 0.966 bits per heavy atom. The molecule has 0 N–H and O–H groups in total. The zero-order valence-electron chi connectivity index (χ0n) is 31.5. The molecule has 58 heavy (non-hydrogen) atoms. The molecule has 0 amide bonds. The van der Waals surface area contributed by atoms with Gasteiger partial charge < -0.3 is 8.97 Å². The first-order valence-corrected chi connectivity index (χ1v) is 20.1. The molecule has 12 aromatic rings. The van der Waals surface area contributed by atoms with Gasteiger partial charge in [0, 0.05) is 60.3 Å². The number of benzene rings is 8. The first-order chi connectivity index (χ1) is 28.7. The van der Waals surface area contributed by atoms with Crippen LogP contribution in [-0.4, -0.2) is 18.9 Å². The molecule has 0 saturated heterocycles. The molecule has 4 aromatic heterocycles. The van der Waals surface area contributed by atoms with Crippen LogP contribution in [0.15, 0.2) is 182 Å². The number of aromatic nitrogens is 4. The summed E-state index contributed by atoms with van der Waals surface area (Å²) in [6, 6.07) is 66.2. The van der Waals surface area contributed by atoms with Gasteiger partial charge in [0.15, 0.2) is 5.82 Å². The van der Waals surface area contributed by atoms with Crippen LogP contribution < -0.4 is 0 Å². The fourth-order valence-electron chi connectivity index (χ4n) is 9.73. The zero-order valence-corrected chi connectivity index (χ0v) is 31.5. The standard InChI is InChI=1S/C54H34N4/c1-3-12-34(13-4-1)54-55-47(36-25-23-33-22-24-35(33)28-36)32-48(56-54)37-26-27-51-44(29-37)43-19-11-18-40(52(43)57(51)39-14-5-2-6-15-39)38-30-45-41-16-7-9-20-49(41)58-50-21-10-8-17-42(50)46(31-38)53(45)58/h1-21,23,25-32H,22,24H2. The summed E-state index contributed by atoms with van der Waals surface area (Å²) in [6.07, 6.45) is 2.29. The Hall–Kier alpha value is -7.56. The largest absolute Gasteiger partial charge is 0.309 e. The lowest BCUT2D eigenvalue weighted by atomic mass is 9.86. The molecule has 0 radical (unpaired) electrons. The van der Waals surface area contributed by atoms with Crippen LogP contribution in [0.3, 0.4) is 0 Å². The van der Waals surface area contributed by atoms with E-state index in [0.29, 0.717) is 0 Å². The summed E-state index contributed by atoms with van der Waals surface area (Å²) < 4.78 is 4.90. The van der Waals surface area contributed by atoms with E-state index in [1.54, 1.807) is 0 Å². The fraction of sp³-hybridized carbons (Fsp3) is 0.0370. The summed E-state index contributed by atoms with van der Waals surface area (Å²) in [5.41, 5.74) is 17.6. The van der Waals surface area contributed by atoms with E-state index >= 15 is 0 Å². The van der Waals surface area contributed by atoms with Crippen molar-refractivity contribution in [2.75, 3.05) is 0 Å². The van der Waals surface area contributed by atoms with Gasteiger partial charge in [0.05, 0.1) is 39.0 Å². The first kappa shape index (κ1) is 31.6. The quantitative estimate of drug-likeness (QED) is 0.176. The SMILES string of the molecule is c1ccc(-c2nc(-c3ccc4c(c3)CC4)cc(-c3ccc4c(c3)c3cccc(-c5cc6c7ccccc7n7c8ccccc8c(c5)c67)c3n4-c3ccccc3)n2)cc1. The van der Waals surface area contributed by atoms with E-state index < -0.39 is 0 Å². The minimum Gasteiger partial charge on any atom is -0.309 e. The number of nitrogens with zero attached hydrogens (tertiary/aromatic N) is 4. The van der Waals surface area contributed by atoms with Crippen LogP contribution in [0, 0.1) is 0 Å². The lowest BCUT2D eigenvalue weighted by Gasteiger charge is -2.19. The lowest BCUT2D eigenvalue weighted by Crippen LogP contribution is -2.07. The first-order valence-electron chi connectivity index (χ1n) is 20.1. The highest BCUT2D eigenvalue weighted by Crippen LogP contribution is 2.45. The monoisotopic (exact) mass is 738 g/mol. The van der Waals surface area contributed by atoms with Crippen molar-refractivity contribution in [3.8, 4) is 50.7 Å². The van der Waals surface area contributed by atoms with Gasteiger partial charge in [0.25, 0.3) is 0 Å². The minimum absolute atomic E-state index is 0.733. The normalized spacial score (nSPS) is 12.7. The molecule has 4 heterocycles. The molecule has 270 valence electrons. The van der Waals surface area contributed by atoms with Crippen LogP contribution in [0.4, 0.5) is 0 Å². The third kappa shape index (κ3) is 4.51. The van der Waals surface area contributed by atoms with Gasteiger partial charge in [-0.3, -0.25) is 0 Å². The van der Waals surface area contributed by atoms with Gasteiger partial charge in [-0.2, -0.15) is 0 Å². The predicted molar refractivity (Wildman–Crippen MR) is 240 cm³/mol. The van der Waals surface area contributed by atoms with Crippen molar-refractivity contribution >= 4 is 59.9 Å². The van der Waals surface area contributed by atoms with E-state index in [4.69, 9.17) is 9.97 Å². The molecule has 0 bridgehead atoms. The molecule has 1 aliphatic rings. The van der Waals surface area contributed by atoms with Gasteiger partial charge >= 0.3 is 0 Å². The van der Waals surface area contributed by atoms with Crippen LogP contribution in [0.5, 0.6) is 0 Å². The highest BCUT2D eigenvalue weighted by Gasteiger charge is 2.22.